The molecular formula is C13H12ClF3O4. The summed E-state index contributed by atoms with van der Waals surface area (Å²) in [6, 6.07) is 2.85. The Bertz CT molecular complexity index is 529. The molecule has 21 heavy (non-hydrogen) atoms. The second-order valence-corrected chi connectivity index (χ2v) is 4.22. The molecule has 0 aliphatic rings. The fourth-order valence-corrected chi connectivity index (χ4v) is 1.73. The van der Waals surface area contributed by atoms with Gasteiger partial charge in [0.25, 0.3) is 0 Å². The van der Waals surface area contributed by atoms with Crippen molar-refractivity contribution in [2.45, 2.75) is 19.7 Å². The van der Waals surface area contributed by atoms with Crippen LogP contribution in [0.1, 0.15) is 34.1 Å². The van der Waals surface area contributed by atoms with Gasteiger partial charge in [-0.05, 0) is 25.1 Å². The lowest BCUT2D eigenvalue weighted by Crippen LogP contribution is -2.18. The molecule has 4 nitrogen and oxygen atoms in total. The van der Waals surface area contributed by atoms with Gasteiger partial charge in [0.2, 0.25) is 0 Å². The van der Waals surface area contributed by atoms with E-state index in [1.165, 1.54) is 0 Å². The zero-order chi connectivity index (χ0) is 16.0. The van der Waals surface area contributed by atoms with Crippen molar-refractivity contribution >= 4 is 23.4 Å². The molecule has 0 spiro atoms. The Labute approximate surface area is 123 Å². The third kappa shape index (κ3) is 5.26. The van der Waals surface area contributed by atoms with Crippen LogP contribution in [-0.2, 0) is 4.74 Å². The first-order valence-electron chi connectivity index (χ1n) is 5.94. The van der Waals surface area contributed by atoms with Gasteiger partial charge in [0.05, 0.1) is 12.2 Å². The first-order chi connectivity index (χ1) is 9.78. The maximum atomic E-state index is 12.2. The fourth-order valence-electron chi connectivity index (χ4n) is 1.56. The number of ether oxygens (including phenoxy) is 2. The van der Waals surface area contributed by atoms with Crippen LogP contribution in [0.4, 0.5) is 13.2 Å². The third-order valence-electron chi connectivity index (χ3n) is 2.34. The Morgan fingerprint density at radius 2 is 1.90 bits per heavy atom. The van der Waals surface area contributed by atoms with Crippen LogP contribution in [0.2, 0.25) is 0 Å². The van der Waals surface area contributed by atoms with Gasteiger partial charge in [0, 0.05) is 17.9 Å². The van der Waals surface area contributed by atoms with E-state index < -0.39 is 23.9 Å². The van der Waals surface area contributed by atoms with E-state index in [1.54, 1.807) is 6.92 Å². The zero-order valence-electron chi connectivity index (χ0n) is 11.0. The summed E-state index contributed by atoms with van der Waals surface area (Å²) in [5, 5.41) is 0. The lowest BCUT2D eigenvalue weighted by molar-refractivity contribution is -0.274. The molecule has 0 heterocycles. The summed E-state index contributed by atoms with van der Waals surface area (Å²) in [5.41, 5.74) is -0.336. The minimum Gasteiger partial charge on any atom is -0.462 e. The van der Waals surface area contributed by atoms with E-state index in [-0.39, 0.29) is 30.0 Å². The minimum absolute atomic E-state index is 0.0224. The number of alkyl halides is 4. The summed E-state index contributed by atoms with van der Waals surface area (Å²) in [5.74, 6) is -1.98. The highest BCUT2D eigenvalue weighted by Gasteiger charge is 2.32. The maximum absolute atomic E-state index is 12.2. The largest absolute Gasteiger partial charge is 0.573 e. The molecule has 0 radical (unpaired) electrons. The van der Waals surface area contributed by atoms with Crippen LogP contribution < -0.4 is 4.74 Å². The number of esters is 1. The summed E-state index contributed by atoms with van der Waals surface area (Å²) in [6.45, 7) is 1.64. The lowest BCUT2D eigenvalue weighted by atomic mass is 10.0. The number of hydrogen-bond donors (Lipinski definition) is 0. The zero-order valence-corrected chi connectivity index (χ0v) is 11.8. The normalized spacial score (nSPS) is 11.1. The SMILES string of the molecule is CCOC(=O)c1ccc(OC(F)(F)F)cc1C(=O)CCCl. The van der Waals surface area contributed by atoms with Crippen LogP contribution in [0.3, 0.4) is 0 Å². The second kappa shape index (κ2) is 7.31. The van der Waals surface area contributed by atoms with E-state index >= 15 is 0 Å². The van der Waals surface area contributed by atoms with Crippen LogP contribution >= 0.6 is 11.6 Å². The van der Waals surface area contributed by atoms with Gasteiger partial charge in [-0.3, -0.25) is 4.79 Å². The Kier molecular flexibility index (Phi) is 6.02. The van der Waals surface area contributed by atoms with Gasteiger partial charge in [0.15, 0.2) is 5.78 Å². The van der Waals surface area contributed by atoms with Crippen LogP contribution in [0, 0.1) is 0 Å². The molecule has 0 unspecified atom stereocenters. The van der Waals surface area contributed by atoms with Gasteiger partial charge in [-0.25, -0.2) is 4.79 Å². The van der Waals surface area contributed by atoms with Crippen LogP contribution in [0.5, 0.6) is 5.75 Å². The van der Waals surface area contributed by atoms with E-state index in [0.29, 0.717) is 0 Å². The Balaban J connectivity index is 3.19. The predicted octanol–water partition coefficient (Wildman–Crippen LogP) is 3.57. The van der Waals surface area contributed by atoms with Gasteiger partial charge in [-0.15, -0.1) is 24.8 Å². The van der Waals surface area contributed by atoms with Crippen molar-refractivity contribution in [2.24, 2.45) is 0 Å². The number of halogens is 4. The molecule has 0 aliphatic heterocycles. The second-order valence-electron chi connectivity index (χ2n) is 3.84. The molecule has 0 saturated carbocycles. The molecule has 0 atom stereocenters. The quantitative estimate of drug-likeness (QED) is 0.456. The Hall–Kier alpha value is -1.76. The van der Waals surface area contributed by atoms with Crippen molar-refractivity contribution in [1.82, 2.24) is 0 Å². The number of carbonyl (C=O) groups excluding carboxylic acids is 2. The monoisotopic (exact) mass is 324 g/mol. The number of hydrogen-bond acceptors (Lipinski definition) is 4. The summed E-state index contributed by atoms with van der Waals surface area (Å²) in [6.07, 6.45) is -5.01. The molecule has 1 aromatic carbocycles. The first-order valence-corrected chi connectivity index (χ1v) is 6.48. The smallest absolute Gasteiger partial charge is 0.462 e. The van der Waals surface area contributed by atoms with Gasteiger partial charge in [-0.2, -0.15) is 0 Å². The van der Waals surface area contributed by atoms with Gasteiger partial charge in [-0.1, -0.05) is 0 Å². The summed E-state index contributed by atoms with van der Waals surface area (Å²) in [4.78, 5) is 23.6. The molecule has 0 bridgehead atoms. The molecule has 1 aromatic rings. The molecule has 0 saturated heterocycles. The molecule has 1 rings (SSSR count). The van der Waals surface area contributed by atoms with Crippen molar-refractivity contribution in [2.75, 3.05) is 12.5 Å². The van der Waals surface area contributed by atoms with E-state index in [0.717, 1.165) is 18.2 Å². The van der Waals surface area contributed by atoms with Crippen molar-refractivity contribution in [3.05, 3.63) is 29.3 Å². The molecule has 0 aromatic heterocycles. The molecule has 0 fully saturated rings. The van der Waals surface area contributed by atoms with Crippen LogP contribution in [-0.4, -0.2) is 30.6 Å². The number of benzene rings is 1. The van der Waals surface area contributed by atoms with Crippen molar-refractivity contribution in [1.29, 1.82) is 0 Å². The van der Waals surface area contributed by atoms with E-state index in [1.807, 2.05) is 0 Å². The van der Waals surface area contributed by atoms with Crippen LogP contribution in [0.25, 0.3) is 0 Å². The topological polar surface area (TPSA) is 52.6 Å². The standard InChI is InChI=1S/C13H12ClF3O4/c1-2-20-12(19)9-4-3-8(21-13(15,16)17)7-10(9)11(18)5-6-14/h3-4,7H,2,5-6H2,1H3. The summed E-state index contributed by atoms with van der Waals surface area (Å²) >= 11 is 5.44. The molecule has 0 aliphatic carbocycles. The maximum Gasteiger partial charge on any atom is 0.573 e. The fraction of sp³-hybridized carbons (Fsp3) is 0.385. The summed E-state index contributed by atoms with van der Waals surface area (Å²) < 4.78 is 45.0. The highest BCUT2D eigenvalue weighted by molar-refractivity contribution is 6.20. The molecular weight excluding hydrogens is 313 g/mol. The number of carbonyl (C=O) groups is 2. The van der Waals surface area contributed by atoms with E-state index in [9.17, 15) is 22.8 Å². The highest BCUT2D eigenvalue weighted by atomic mass is 35.5. The number of rotatable bonds is 6. The molecule has 0 amide bonds. The number of ketones is 1. The first kappa shape index (κ1) is 17.3. The van der Waals surface area contributed by atoms with Gasteiger partial charge >= 0.3 is 12.3 Å². The van der Waals surface area contributed by atoms with Gasteiger partial charge in [0.1, 0.15) is 5.75 Å². The minimum atomic E-state index is -4.89. The highest BCUT2D eigenvalue weighted by Crippen LogP contribution is 2.26. The van der Waals surface area contributed by atoms with Crippen molar-refractivity contribution < 1.29 is 32.2 Å². The Morgan fingerprint density at radius 1 is 1.24 bits per heavy atom. The number of Topliss-reactive ketones (excluding diaryl/α,β-unsaturated/α-hetero) is 1. The average molecular weight is 325 g/mol. The third-order valence-corrected chi connectivity index (χ3v) is 2.53. The van der Waals surface area contributed by atoms with Crippen molar-refractivity contribution in [3.8, 4) is 5.75 Å². The predicted molar refractivity (Wildman–Crippen MR) is 68.7 cm³/mol. The van der Waals surface area contributed by atoms with E-state index in [2.05, 4.69) is 4.74 Å². The van der Waals surface area contributed by atoms with Crippen LogP contribution in [0.15, 0.2) is 18.2 Å². The summed E-state index contributed by atoms with van der Waals surface area (Å²) in [7, 11) is 0. The molecule has 0 N–H and O–H groups in total. The van der Waals surface area contributed by atoms with Gasteiger partial charge < -0.3 is 9.47 Å². The lowest BCUT2D eigenvalue weighted by Gasteiger charge is -2.12. The Morgan fingerprint density at radius 3 is 2.43 bits per heavy atom. The average Bonchev–Trinajstić information content (AvgIpc) is 2.37. The van der Waals surface area contributed by atoms with Crippen molar-refractivity contribution in [3.63, 3.8) is 0 Å². The molecule has 8 heteroatoms. The van der Waals surface area contributed by atoms with E-state index in [4.69, 9.17) is 16.3 Å². The molecule has 116 valence electrons.